The van der Waals surface area contributed by atoms with Gasteiger partial charge in [0.1, 0.15) is 0 Å². The predicted molar refractivity (Wildman–Crippen MR) is 115 cm³/mol. The lowest BCUT2D eigenvalue weighted by atomic mass is 9.98. The Morgan fingerprint density at radius 2 is 1.83 bits per heavy atom. The summed E-state index contributed by atoms with van der Waals surface area (Å²) in [7, 11) is -4.26. The van der Waals surface area contributed by atoms with E-state index in [0.717, 1.165) is 60.9 Å². The van der Waals surface area contributed by atoms with Crippen LogP contribution in [0.2, 0.25) is 0 Å². The first-order valence-electron chi connectivity index (χ1n) is 9.12. The zero-order valence-electron chi connectivity index (χ0n) is 16.6. The molecule has 0 amide bonds. The highest BCUT2D eigenvalue weighted by Crippen LogP contribution is 2.36. The van der Waals surface area contributed by atoms with Crippen molar-refractivity contribution >= 4 is 32.4 Å². The van der Waals surface area contributed by atoms with Crippen LogP contribution < -0.4 is 0 Å². The van der Waals surface area contributed by atoms with Gasteiger partial charge in [-0.25, -0.2) is 0 Å². The van der Waals surface area contributed by atoms with Gasteiger partial charge >= 0.3 is 10.1 Å². The number of fused-ring (bicyclic) bond motifs is 1. The average Bonchev–Trinajstić information content (AvgIpc) is 3.18. The van der Waals surface area contributed by atoms with Crippen LogP contribution in [0.1, 0.15) is 33.1 Å². The Balaban J connectivity index is 1.70. The quantitative estimate of drug-likeness (QED) is 0.458. The molecule has 0 spiro atoms. The van der Waals surface area contributed by atoms with Crippen LogP contribution in [0.3, 0.4) is 0 Å². The molecule has 4 aromatic rings. The van der Waals surface area contributed by atoms with Crippen LogP contribution in [0, 0.1) is 27.7 Å². The second-order valence-electron chi connectivity index (χ2n) is 7.30. The van der Waals surface area contributed by atoms with Crippen molar-refractivity contribution in [1.29, 1.82) is 0 Å². The van der Waals surface area contributed by atoms with Gasteiger partial charge in [-0.05, 0) is 56.5 Å². The summed E-state index contributed by atoms with van der Waals surface area (Å²) >= 11 is 1.08. The van der Waals surface area contributed by atoms with E-state index in [-0.39, 0.29) is 4.21 Å². The molecule has 3 heterocycles. The Labute approximate surface area is 173 Å². The molecule has 0 unspecified atom stereocenters. The van der Waals surface area contributed by atoms with Gasteiger partial charge in [0.2, 0.25) is 0 Å². The Morgan fingerprint density at radius 3 is 2.52 bits per heavy atom. The molecule has 3 aromatic heterocycles. The van der Waals surface area contributed by atoms with Crippen molar-refractivity contribution < 1.29 is 13.0 Å². The highest BCUT2D eigenvalue weighted by atomic mass is 32.3. The number of benzene rings is 1. The molecule has 0 bridgehead atoms. The van der Waals surface area contributed by atoms with Gasteiger partial charge in [-0.1, -0.05) is 18.2 Å². The lowest BCUT2D eigenvalue weighted by Gasteiger charge is -2.10. The van der Waals surface area contributed by atoms with E-state index in [4.69, 9.17) is 4.98 Å². The van der Waals surface area contributed by atoms with Crippen LogP contribution in [0.5, 0.6) is 0 Å². The molecule has 6 nitrogen and oxygen atoms in total. The number of aromatic nitrogens is 3. The molecular weight excluding hydrogens is 406 g/mol. The van der Waals surface area contributed by atoms with E-state index < -0.39 is 10.1 Å². The first kappa shape index (κ1) is 19.8. The Hall–Kier alpha value is -2.55. The van der Waals surface area contributed by atoms with Crippen molar-refractivity contribution in [2.75, 3.05) is 0 Å². The summed E-state index contributed by atoms with van der Waals surface area (Å²) < 4.78 is 33.1. The summed E-state index contributed by atoms with van der Waals surface area (Å²) in [6.45, 7) is 7.74. The Morgan fingerprint density at radius 1 is 1.07 bits per heavy atom. The van der Waals surface area contributed by atoms with E-state index in [1.165, 1.54) is 0 Å². The lowest BCUT2D eigenvalue weighted by molar-refractivity contribution is 0.486. The smallest absolute Gasteiger partial charge is 0.282 e. The molecule has 2 N–H and O–H groups in total. The number of aromatic amines is 1. The van der Waals surface area contributed by atoms with Gasteiger partial charge in [-0.2, -0.15) is 13.5 Å². The monoisotopic (exact) mass is 427 g/mol. The highest BCUT2D eigenvalue weighted by molar-refractivity contribution is 7.88. The van der Waals surface area contributed by atoms with Gasteiger partial charge in [0.05, 0.1) is 5.52 Å². The van der Waals surface area contributed by atoms with Gasteiger partial charge in [0, 0.05) is 39.3 Å². The number of aryl methyl sites for hydroxylation is 4. The summed E-state index contributed by atoms with van der Waals surface area (Å²) in [5.41, 5.74) is 7.16. The summed E-state index contributed by atoms with van der Waals surface area (Å²) in [4.78, 5) is 5.55. The van der Waals surface area contributed by atoms with Crippen LogP contribution in [-0.4, -0.2) is 28.2 Å². The van der Waals surface area contributed by atoms with E-state index in [2.05, 4.69) is 10.2 Å². The number of hydrogen-bond acceptors (Lipinski definition) is 5. The molecule has 0 aliphatic carbocycles. The van der Waals surface area contributed by atoms with Gasteiger partial charge in [0.25, 0.3) is 0 Å². The van der Waals surface area contributed by atoms with Crippen molar-refractivity contribution in [3.8, 4) is 11.1 Å². The predicted octanol–water partition coefficient (Wildman–Crippen LogP) is 4.76. The van der Waals surface area contributed by atoms with Gasteiger partial charge in [-0.3, -0.25) is 14.6 Å². The molecule has 4 rings (SSSR count). The van der Waals surface area contributed by atoms with E-state index in [1.807, 2.05) is 52.0 Å². The van der Waals surface area contributed by atoms with Crippen molar-refractivity contribution in [3.05, 3.63) is 63.4 Å². The number of rotatable bonds is 4. The number of hydrogen-bond donors (Lipinski definition) is 2. The third-order valence-electron chi connectivity index (χ3n) is 4.97. The minimum atomic E-state index is -4.26. The zero-order valence-corrected chi connectivity index (χ0v) is 18.2. The minimum absolute atomic E-state index is 0.0116. The maximum absolute atomic E-state index is 11.7. The summed E-state index contributed by atoms with van der Waals surface area (Å²) in [6, 6.07) is 9.71. The normalized spacial score (nSPS) is 12.0. The molecule has 1 aromatic carbocycles. The van der Waals surface area contributed by atoms with Crippen molar-refractivity contribution in [2.45, 2.75) is 38.3 Å². The maximum Gasteiger partial charge on any atom is 0.304 e. The number of nitrogens with one attached hydrogen (secondary N) is 1. The topological polar surface area (TPSA) is 95.9 Å². The van der Waals surface area contributed by atoms with Gasteiger partial charge in [0.15, 0.2) is 4.21 Å². The molecule has 0 atom stereocenters. The summed E-state index contributed by atoms with van der Waals surface area (Å²) in [6.07, 6.45) is 0.650. The summed E-state index contributed by atoms with van der Waals surface area (Å²) in [5, 5.41) is 8.41. The first-order chi connectivity index (χ1) is 13.6. The SMILES string of the molecule is Cc1cc(-c2ccc(Cc3cc4n[nH]c(C)c4c(C)n3)cc2C)c(S(=O)(=O)O)s1. The van der Waals surface area contributed by atoms with Crippen molar-refractivity contribution in [1.82, 2.24) is 15.2 Å². The van der Waals surface area contributed by atoms with Crippen LogP contribution in [0.15, 0.2) is 34.5 Å². The fourth-order valence-corrected chi connectivity index (χ4v) is 5.79. The van der Waals surface area contributed by atoms with E-state index >= 15 is 0 Å². The third-order valence-corrected chi connectivity index (χ3v) is 7.39. The fraction of sp³-hybridized carbons (Fsp3) is 0.238. The highest BCUT2D eigenvalue weighted by Gasteiger charge is 2.21. The molecule has 0 saturated carbocycles. The third kappa shape index (κ3) is 3.71. The van der Waals surface area contributed by atoms with Crippen LogP contribution >= 0.6 is 11.3 Å². The van der Waals surface area contributed by atoms with E-state index in [0.29, 0.717) is 12.0 Å². The average molecular weight is 428 g/mol. The van der Waals surface area contributed by atoms with E-state index in [9.17, 15) is 13.0 Å². The molecule has 150 valence electrons. The molecule has 0 aliphatic heterocycles. The van der Waals surface area contributed by atoms with Crippen molar-refractivity contribution in [2.24, 2.45) is 0 Å². The molecule has 0 radical (unpaired) electrons. The lowest BCUT2D eigenvalue weighted by Crippen LogP contribution is -1.99. The second-order valence-corrected chi connectivity index (χ2v) is 10.2. The van der Waals surface area contributed by atoms with Crippen molar-refractivity contribution in [3.63, 3.8) is 0 Å². The number of H-pyrrole nitrogens is 1. The van der Waals surface area contributed by atoms with Gasteiger partial charge < -0.3 is 0 Å². The first-order valence-corrected chi connectivity index (χ1v) is 11.4. The second kappa shape index (κ2) is 7.05. The zero-order chi connectivity index (χ0) is 20.9. The largest absolute Gasteiger partial charge is 0.304 e. The minimum Gasteiger partial charge on any atom is -0.282 e. The molecule has 0 saturated heterocycles. The number of thiophene rings is 1. The fourth-order valence-electron chi connectivity index (χ4n) is 3.78. The Bertz CT molecular complexity index is 1350. The maximum atomic E-state index is 11.7. The summed E-state index contributed by atoms with van der Waals surface area (Å²) in [5.74, 6) is 0. The van der Waals surface area contributed by atoms with Crippen LogP contribution in [0.4, 0.5) is 0 Å². The standard InChI is InChI=1S/C21H21N3O3S2/c1-11-7-15(9-16-10-19-20(13(3)22-16)14(4)23-24-19)5-6-17(11)18-8-12(2)28-21(18)29(25,26)27/h5-8,10H,9H2,1-4H3,(H,23,24)(H,25,26,27). The Kier molecular flexibility index (Phi) is 4.80. The molecular formula is C21H21N3O3S2. The molecule has 0 fully saturated rings. The van der Waals surface area contributed by atoms with E-state index in [1.54, 1.807) is 6.07 Å². The van der Waals surface area contributed by atoms with Gasteiger partial charge in [-0.15, -0.1) is 11.3 Å². The molecule has 8 heteroatoms. The molecule has 29 heavy (non-hydrogen) atoms. The number of nitrogens with zero attached hydrogens (tertiary/aromatic N) is 2. The number of pyridine rings is 1. The molecule has 0 aliphatic rings. The van der Waals surface area contributed by atoms with Crippen LogP contribution in [-0.2, 0) is 16.5 Å². The van der Waals surface area contributed by atoms with Crippen LogP contribution in [0.25, 0.3) is 22.0 Å².